The van der Waals surface area contributed by atoms with E-state index < -0.39 is 25.1 Å². The van der Waals surface area contributed by atoms with Gasteiger partial charge in [-0.15, -0.1) is 0 Å². The minimum atomic E-state index is -3.82. The summed E-state index contributed by atoms with van der Waals surface area (Å²) in [5.41, 5.74) is 0.374. The van der Waals surface area contributed by atoms with E-state index in [1.807, 2.05) is 0 Å². The first kappa shape index (κ1) is 20.1. The molecular weight excluding hydrogens is 412 g/mol. The smallest absolute Gasteiger partial charge is 0.254 e. The highest BCUT2D eigenvalue weighted by Gasteiger charge is 2.47. The fraction of sp³-hybridized carbons (Fsp3) is 0.350. The predicted octanol–water partition coefficient (Wildman–Crippen LogP) is 1.94. The molecule has 2 atom stereocenters. The second kappa shape index (κ2) is 7.23. The lowest BCUT2D eigenvalue weighted by molar-refractivity contribution is 0.0598. The maximum atomic E-state index is 13.0. The van der Waals surface area contributed by atoms with Gasteiger partial charge < -0.3 is 4.90 Å². The number of hydrogen-bond acceptors (Lipinski definition) is 5. The average molecular weight is 435 g/mol. The van der Waals surface area contributed by atoms with E-state index in [4.69, 9.17) is 5.14 Å². The number of sulfone groups is 1. The van der Waals surface area contributed by atoms with Gasteiger partial charge in [-0.1, -0.05) is 18.2 Å². The van der Waals surface area contributed by atoms with Gasteiger partial charge in [-0.25, -0.2) is 22.0 Å². The normalized spacial score (nSPS) is 24.4. The Labute approximate surface area is 170 Å². The van der Waals surface area contributed by atoms with Gasteiger partial charge in [0.25, 0.3) is 5.91 Å². The molecule has 0 aromatic heterocycles. The van der Waals surface area contributed by atoms with E-state index in [-0.39, 0.29) is 22.9 Å². The zero-order valence-corrected chi connectivity index (χ0v) is 17.3. The van der Waals surface area contributed by atoms with Crippen molar-refractivity contribution in [3.05, 3.63) is 60.2 Å². The second-order valence-corrected chi connectivity index (χ2v) is 11.4. The SMILES string of the molecule is NS(=O)(=O)c1ccc(C(=O)N2C3CCC2CC(S(=O)(=O)c2ccccc2)C3)cc1. The van der Waals surface area contributed by atoms with Crippen molar-refractivity contribution >= 4 is 25.8 Å². The molecule has 154 valence electrons. The Bertz CT molecular complexity index is 1120. The molecule has 2 bridgehead atoms. The number of nitrogens with zero attached hydrogens (tertiary/aromatic N) is 1. The molecule has 2 aliphatic heterocycles. The first-order valence-electron chi connectivity index (χ1n) is 9.42. The molecule has 2 unspecified atom stereocenters. The Balaban J connectivity index is 1.55. The Hall–Kier alpha value is -2.23. The van der Waals surface area contributed by atoms with Crippen molar-refractivity contribution in [2.24, 2.45) is 5.14 Å². The first-order chi connectivity index (χ1) is 13.7. The van der Waals surface area contributed by atoms with Crippen LogP contribution in [0.25, 0.3) is 0 Å². The summed E-state index contributed by atoms with van der Waals surface area (Å²) in [5, 5.41) is 4.60. The molecule has 29 heavy (non-hydrogen) atoms. The highest BCUT2D eigenvalue weighted by Crippen LogP contribution is 2.40. The monoisotopic (exact) mass is 434 g/mol. The maximum absolute atomic E-state index is 13.0. The summed E-state index contributed by atoms with van der Waals surface area (Å²) in [5.74, 6) is -0.200. The predicted molar refractivity (Wildman–Crippen MR) is 107 cm³/mol. The molecule has 2 aromatic carbocycles. The number of nitrogens with two attached hydrogens (primary N) is 1. The number of sulfonamides is 1. The molecule has 2 heterocycles. The zero-order valence-electron chi connectivity index (χ0n) is 15.6. The molecule has 2 aliphatic rings. The lowest BCUT2D eigenvalue weighted by Crippen LogP contribution is -2.49. The molecule has 9 heteroatoms. The van der Waals surface area contributed by atoms with Gasteiger partial charge in [-0.3, -0.25) is 4.79 Å². The molecule has 2 aromatic rings. The van der Waals surface area contributed by atoms with E-state index in [0.29, 0.717) is 23.3 Å². The lowest BCUT2D eigenvalue weighted by atomic mass is 10.0. The van der Waals surface area contributed by atoms with Crippen LogP contribution in [0.5, 0.6) is 0 Å². The molecule has 0 saturated carbocycles. The van der Waals surface area contributed by atoms with Gasteiger partial charge in [0, 0.05) is 17.6 Å². The zero-order chi connectivity index (χ0) is 20.8. The molecule has 4 rings (SSSR count). The Morgan fingerprint density at radius 2 is 1.38 bits per heavy atom. The Morgan fingerprint density at radius 3 is 1.90 bits per heavy atom. The standard InChI is InChI=1S/C20H22N2O5S2/c21-29(26,27)18-10-6-14(7-11-18)20(23)22-15-8-9-16(22)13-19(12-15)28(24,25)17-4-2-1-3-5-17/h1-7,10-11,15-16,19H,8-9,12-13H2,(H2,21,26,27). The molecule has 7 nitrogen and oxygen atoms in total. The highest BCUT2D eigenvalue weighted by atomic mass is 32.2. The molecule has 0 radical (unpaired) electrons. The van der Waals surface area contributed by atoms with Crippen molar-refractivity contribution in [3.63, 3.8) is 0 Å². The molecular formula is C20H22N2O5S2. The summed E-state index contributed by atoms with van der Waals surface area (Å²) >= 11 is 0. The minimum absolute atomic E-state index is 0.0512. The highest BCUT2D eigenvalue weighted by molar-refractivity contribution is 7.92. The van der Waals surface area contributed by atoms with E-state index in [1.165, 1.54) is 24.3 Å². The van der Waals surface area contributed by atoms with E-state index in [1.54, 1.807) is 35.2 Å². The molecule has 0 spiro atoms. The number of primary sulfonamides is 1. The number of amides is 1. The van der Waals surface area contributed by atoms with Crippen LogP contribution in [-0.2, 0) is 19.9 Å². The van der Waals surface area contributed by atoms with Gasteiger partial charge in [0.2, 0.25) is 10.0 Å². The van der Waals surface area contributed by atoms with Gasteiger partial charge in [-0.05, 0) is 62.1 Å². The van der Waals surface area contributed by atoms with Crippen molar-refractivity contribution in [1.29, 1.82) is 0 Å². The summed E-state index contributed by atoms with van der Waals surface area (Å²) in [6.07, 6.45) is 2.36. The molecule has 2 saturated heterocycles. The fourth-order valence-corrected chi connectivity index (χ4v) is 6.84. The first-order valence-corrected chi connectivity index (χ1v) is 12.5. The van der Waals surface area contributed by atoms with Crippen LogP contribution in [0.1, 0.15) is 36.0 Å². The summed E-state index contributed by atoms with van der Waals surface area (Å²) in [6.45, 7) is 0. The topological polar surface area (TPSA) is 115 Å². The number of carbonyl (C=O) groups excluding carboxylic acids is 1. The van der Waals surface area contributed by atoms with Gasteiger partial charge in [0.1, 0.15) is 0 Å². The third-order valence-electron chi connectivity index (χ3n) is 5.86. The Kier molecular flexibility index (Phi) is 5.00. The van der Waals surface area contributed by atoms with Crippen LogP contribution >= 0.6 is 0 Å². The van der Waals surface area contributed by atoms with Gasteiger partial charge >= 0.3 is 0 Å². The van der Waals surface area contributed by atoms with E-state index in [0.717, 1.165) is 12.8 Å². The molecule has 2 fully saturated rings. The van der Waals surface area contributed by atoms with Crippen LogP contribution < -0.4 is 5.14 Å². The minimum Gasteiger partial charge on any atom is -0.333 e. The van der Waals surface area contributed by atoms with Gasteiger partial charge in [0.05, 0.1) is 15.0 Å². The Morgan fingerprint density at radius 1 is 0.828 bits per heavy atom. The number of rotatable bonds is 4. The van der Waals surface area contributed by atoms with E-state index >= 15 is 0 Å². The van der Waals surface area contributed by atoms with E-state index in [9.17, 15) is 21.6 Å². The average Bonchev–Trinajstić information content (AvgIpc) is 2.96. The van der Waals surface area contributed by atoms with Crippen molar-refractivity contribution in [2.75, 3.05) is 0 Å². The number of piperidine rings is 1. The molecule has 2 N–H and O–H groups in total. The summed E-state index contributed by atoms with van der Waals surface area (Å²) in [7, 11) is -7.26. The number of benzene rings is 2. The fourth-order valence-electron chi connectivity index (χ4n) is 4.45. The number of hydrogen-bond donors (Lipinski definition) is 1. The van der Waals surface area contributed by atoms with Crippen molar-refractivity contribution < 1.29 is 21.6 Å². The van der Waals surface area contributed by atoms with Crippen molar-refractivity contribution in [1.82, 2.24) is 4.90 Å². The number of fused-ring (bicyclic) bond motifs is 2. The number of carbonyl (C=O) groups is 1. The summed E-state index contributed by atoms with van der Waals surface area (Å²) < 4.78 is 48.8. The van der Waals surface area contributed by atoms with Crippen molar-refractivity contribution in [3.8, 4) is 0 Å². The third-order valence-corrected chi connectivity index (χ3v) is 8.99. The largest absolute Gasteiger partial charge is 0.333 e. The lowest BCUT2D eigenvalue weighted by Gasteiger charge is -2.38. The third kappa shape index (κ3) is 3.70. The van der Waals surface area contributed by atoms with Crippen LogP contribution in [0, 0.1) is 0 Å². The van der Waals surface area contributed by atoms with E-state index in [2.05, 4.69) is 0 Å². The second-order valence-electron chi connectivity index (χ2n) is 7.62. The molecule has 1 amide bonds. The van der Waals surface area contributed by atoms with Crippen LogP contribution in [0.3, 0.4) is 0 Å². The van der Waals surface area contributed by atoms with Gasteiger partial charge in [0.15, 0.2) is 9.84 Å². The quantitative estimate of drug-likeness (QED) is 0.790. The maximum Gasteiger partial charge on any atom is 0.254 e. The van der Waals surface area contributed by atoms with Crippen LogP contribution in [0.2, 0.25) is 0 Å². The van der Waals surface area contributed by atoms with Crippen LogP contribution in [0.4, 0.5) is 0 Å². The molecule has 0 aliphatic carbocycles. The van der Waals surface area contributed by atoms with Gasteiger partial charge in [-0.2, -0.15) is 0 Å². The van der Waals surface area contributed by atoms with Crippen molar-refractivity contribution in [2.45, 2.75) is 52.8 Å². The summed E-state index contributed by atoms with van der Waals surface area (Å²) in [4.78, 5) is 15.1. The summed E-state index contributed by atoms with van der Waals surface area (Å²) in [6, 6.07) is 13.7. The van der Waals surface area contributed by atoms with Crippen LogP contribution in [-0.4, -0.2) is 45.0 Å². The van der Waals surface area contributed by atoms with Crippen LogP contribution in [0.15, 0.2) is 64.4 Å².